The summed E-state index contributed by atoms with van der Waals surface area (Å²) in [4.78, 5) is 29.5. The summed E-state index contributed by atoms with van der Waals surface area (Å²) in [5.74, 6) is -0.199. The van der Waals surface area contributed by atoms with Gasteiger partial charge in [0.15, 0.2) is 0 Å². The third kappa shape index (κ3) is 3.55. The molecular formula is C22H16IN3O2. The van der Waals surface area contributed by atoms with Gasteiger partial charge in [-0.05, 0) is 83.6 Å². The minimum atomic E-state index is -0.199. The average molecular weight is 481 g/mol. The van der Waals surface area contributed by atoms with E-state index in [1.54, 1.807) is 36.4 Å². The highest BCUT2D eigenvalue weighted by atomic mass is 127. The summed E-state index contributed by atoms with van der Waals surface area (Å²) in [6.45, 7) is 2.02. The van der Waals surface area contributed by atoms with Crippen molar-refractivity contribution in [2.24, 2.45) is 0 Å². The third-order valence-electron chi connectivity index (χ3n) is 4.50. The zero-order chi connectivity index (χ0) is 19.7. The number of fused-ring (bicyclic) bond motifs is 1. The summed E-state index contributed by atoms with van der Waals surface area (Å²) in [7, 11) is 0. The number of hydrogen-bond acceptors (Lipinski definition) is 3. The third-order valence-corrected chi connectivity index (χ3v) is 5.67. The summed E-state index contributed by atoms with van der Waals surface area (Å²) in [6, 6.07) is 19.9. The Hall–Kier alpha value is -3.00. The van der Waals surface area contributed by atoms with Gasteiger partial charge >= 0.3 is 0 Å². The van der Waals surface area contributed by atoms with Gasteiger partial charge in [0.2, 0.25) is 0 Å². The van der Waals surface area contributed by atoms with Gasteiger partial charge in [-0.15, -0.1) is 0 Å². The van der Waals surface area contributed by atoms with Crippen molar-refractivity contribution in [3.8, 4) is 5.69 Å². The molecule has 28 heavy (non-hydrogen) atoms. The molecule has 0 aliphatic heterocycles. The molecule has 0 unspecified atom stereocenters. The number of aromatic nitrogens is 2. The van der Waals surface area contributed by atoms with Crippen LogP contribution in [0.2, 0.25) is 0 Å². The van der Waals surface area contributed by atoms with E-state index in [0.29, 0.717) is 22.2 Å². The molecule has 0 aliphatic rings. The number of aryl methyl sites for hydroxylation is 1. The van der Waals surface area contributed by atoms with E-state index in [9.17, 15) is 9.59 Å². The van der Waals surface area contributed by atoms with Crippen LogP contribution in [-0.4, -0.2) is 15.5 Å². The van der Waals surface area contributed by atoms with Crippen LogP contribution in [0, 0.1) is 10.5 Å². The van der Waals surface area contributed by atoms with Crippen molar-refractivity contribution in [1.82, 2.24) is 9.55 Å². The predicted octanol–water partition coefficient (Wildman–Crippen LogP) is 4.55. The molecule has 4 aromatic rings. The van der Waals surface area contributed by atoms with Crippen LogP contribution in [0.5, 0.6) is 0 Å². The van der Waals surface area contributed by atoms with Crippen LogP contribution < -0.4 is 10.9 Å². The molecule has 1 aromatic heterocycles. The first-order valence-corrected chi connectivity index (χ1v) is 9.75. The Morgan fingerprint density at radius 3 is 2.54 bits per heavy atom. The lowest BCUT2D eigenvalue weighted by Gasteiger charge is -2.09. The summed E-state index contributed by atoms with van der Waals surface area (Å²) in [5.41, 5.74) is 3.60. The molecule has 3 aromatic carbocycles. The van der Waals surface area contributed by atoms with Crippen molar-refractivity contribution in [3.05, 3.63) is 98.1 Å². The molecule has 4 rings (SSSR count). The monoisotopic (exact) mass is 481 g/mol. The second kappa shape index (κ2) is 7.55. The van der Waals surface area contributed by atoms with Gasteiger partial charge in [0.05, 0.1) is 16.6 Å². The maximum atomic E-state index is 12.7. The SMILES string of the molecule is Cc1ccc(NC(=O)c2ccc(-n3cnc4ccccc4c3=O)cc2)cc1I. The van der Waals surface area contributed by atoms with Gasteiger partial charge in [-0.2, -0.15) is 0 Å². The van der Waals surface area contributed by atoms with Crippen LogP contribution in [0.25, 0.3) is 16.6 Å². The Labute approximate surface area is 175 Å². The molecule has 0 saturated carbocycles. The van der Waals surface area contributed by atoms with Crippen molar-refractivity contribution in [2.45, 2.75) is 6.92 Å². The number of carbonyl (C=O) groups is 1. The maximum absolute atomic E-state index is 12.7. The van der Waals surface area contributed by atoms with Crippen LogP contribution in [0.15, 0.2) is 77.9 Å². The minimum Gasteiger partial charge on any atom is -0.322 e. The second-order valence-corrected chi connectivity index (χ2v) is 7.56. The molecule has 1 N–H and O–H groups in total. The zero-order valence-electron chi connectivity index (χ0n) is 15.0. The van der Waals surface area contributed by atoms with Gasteiger partial charge in [-0.1, -0.05) is 18.2 Å². The molecule has 0 fully saturated rings. The number of anilines is 1. The highest BCUT2D eigenvalue weighted by Gasteiger charge is 2.09. The molecule has 0 saturated heterocycles. The van der Waals surface area contributed by atoms with Crippen LogP contribution in [0.3, 0.4) is 0 Å². The van der Waals surface area contributed by atoms with Crippen molar-refractivity contribution >= 4 is 45.1 Å². The molecular weight excluding hydrogens is 465 g/mol. The van der Waals surface area contributed by atoms with E-state index in [1.165, 1.54) is 10.9 Å². The summed E-state index contributed by atoms with van der Waals surface area (Å²) >= 11 is 2.24. The average Bonchev–Trinajstić information content (AvgIpc) is 2.71. The fourth-order valence-corrected chi connectivity index (χ4v) is 3.42. The van der Waals surface area contributed by atoms with E-state index in [1.807, 2.05) is 37.3 Å². The number of hydrogen-bond donors (Lipinski definition) is 1. The molecule has 1 amide bonds. The molecule has 1 heterocycles. The molecule has 6 heteroatoms. The van der Waals surface area contributed by atoms with Gasteiger partial charge in [0.1, 0.15) is 6.33 Å². The first-order valence-electron chi connectivity index (χ1n) is 8.67. The molecule has 0 spiro atoms. The Balaban J connectivity index is 1.60. The smallest absolute Gasteiger partial charge is 0.265 e. The minimum absolute atomic E-state index is 0.142. The lowest BCUT2D eigenvalue weighted by Crippen LogP contribution is -2.19. The zero-order valence-corrected chi connectivity index (χ0v) is 17.2. The number of carbonyl (C=O) groups excluding carboxylic acids is 1. The Morgan fingerprint density at radius 2 is 1.79 bits per heavy atom. The van der Waals surface area contributed by atoms with Crippen LogP contribution in [0.4, 0.5) is 5.69 Å². The molecule has 5 nitrogen and oxygen atoms in total. The molecule has 0 bridgehead atoms. The maximum Gasteiger partial charge on any atom is 0.265 e. The second-order valence-electron chi connectivity index (χ2n) is 6.40. The van der Waals surface area contributed by atoms with Gasteiger partial charge < -0.3 is 5.32 Å². The van der Waals surface area contributed by atoms with E-state index in [2.05, 4.69) is 32.9 Å². The van der Waals surface area contributed by atoms with Gasteiger partial charge in [0.25, 0.3) is 11.5 Å². The topological polar surface area (TPSA) is 64.0 Å². The normalized spacial score (nSPS) is 10.8. The number of amides is 1. The van der Waals surface area contributed by atoms with E-state index in [0.717, 1.165) is 14.8 Å². The van der Waals surface area contributed by atoms with Gasteiger partial charge in [-0.25, -0.2) is 4.98 Å². The molecule has 0 radical (unpaired) electrons. The van der Waals surface area contributed by atoms with E-state index in [4.69, 9.17) is 0 Å². The number of nitrogens with one attached hydrogen (secondary N) is 1. The number of nitrogens with zero attached hydrogens (tertiary/aromatic N) is 2. The summed E-state index contributed by atoms with van der Waals surface area (Å²) < 4.78 is 2.57. The summed E-state index contributed by atoms with van der Waals surface area (Å²) in [6.07, 6.45) is 1.51. The first kappa shape index (κ1) is 18.4. The largest absolute Gasteiger partial charge is 0.322 e. The Morgan fingerprint density at radius 1 is 1.04 bits per heavy atom. The Bertz CT molecular complexity index is 1250. The fraction of sp³-hybridized carbons (Fsp3) is 0.0455. The van der Waals surface area contributed by atoms with Crippen molar-refractivity contribution in [2.75, 3.05) is 5.32 Å². The van der Waals surface area contributed by atoms with E-state index >= 15 is 0 Å². The molecule has 138 valence electrons. The fourth-order valence-electron chi connectivity index (χ4n) is 2.90. The van der Waals surface area contributed by atoms with Crippen molar-refractivity contribution in [1.29, 1.82) is 0 Å². The molecule has 0 atom stereocenters. The number of halogens is 1. The lowest BCUT2D eigenvalue weighted by atomic mass is 10.1. The van der Waals surface area contributed by atoms with Crippen LogP contribution in [0.1, 0.15) is 15.9 Å². The number of benzene rings is 3. The van der Waals surface area contributed by atoms with Crippen molar-refractivity contribution in [3.63, 3.8) is 0 Å². The highest BCUT2D eigenvalue weighted by Crippen LogP contribution is 2.18. The highest BCUT2D eigenvalue weighted by molar-refractivity contribution is 14.1. The number of para-hydroxylation sites is 1. The quantitative estimate of drug-likeness (QED) is 0.437. The Kier molecular flexibility index (Phi) is 4.95. The molecule has 0 aliphatic carbocycles. The van der Waals surface area contributed by atoms with Crippen LogP contribution in [-0.2, 0) is 0 Å². The van der Waals surface area contributed by atoms with E-state index in [-0.39, 0.29) is 11.5 Å². The van der Waals surface area contributed by atoms with Gasteiger partial charge in [0, 0.05) is 14.8 Å². The first-order chi connectivity index (χ1) is 13.5. The lowest BCUT2D eigenvalue weighted by molar-refractivity contribution is 0.102. The van der Waals surface area contributed by atoms with E-state index < -0.39 is 0 Å². The predicted molar refractivity (Wildman–Crippen MR) is 119 cm³/mol. The standard InChI is InChI=1S/C22H16IN3O2/c1-14-6-9-16(12-19(14)23)25-21(27)15-7-10-17(11-8-15)26-13-24-20-5-3-2-4-18(20)22(26)28/h2-13H,1H3,(H,25,27). The summed E-state index contributed by atoms with van der Waals surface area (Å²) in [5, 5.41) is 3.45. The number of rotatable bonds is 3. The van der Waals surface area contributed by atoms with Gasteiger partial charge in [-0.3, -0.25) is 14.2 Å². The van der Waals surface area contributed by atoms with Crippen LogP contribution >= 0.6 is 22.6 Å². The van der Waals surface area contributed by atoms with Crippen molar-refractivity contribution < 1.29 is 4.79 Å².